The summed E-state index contributed by atoms with van der Waals surface area (Å²) < 4.78 is 16.2. The van der Waals surface area contributed by atoms with Gasteiger partial charge in [0, 0.05) is 12.5 Å². The summed E-state index contributed by atoms with van der Waals surface area (Å²) in [5.41, 5.74) is 2.15. The van der Waals surface area contributed by atoms with Crippen LogP contribution in [0, 0.1) is 11.8 Å². The maximum atomic E-state index is 13.0. The fourth-order valence-corrected chi connectivity index (χ4v) is 3.88. The summed E-state index contributed by atoms with van der Waals surface area (Å²) in [5.74, 6) is 0.535. The number of ether oxygens (including phenoxy) is 3. The highest BCUT2D eigenvalue weighted by Gasteiger charge is 2.39. The topological polar surface area (TPSA) is 65.1 Å². The number of methoxy groups -OCH3 is 1. The zero-order valence-corrected chi connectivity index (χ0v) is 18.5. The van der Waals surface area contributed by atoms with E-state index in [4.69, 9.17) is 14.2 Å². The van der Waals surface area contributed by atoms with Gasteiger partial charge in [0.25, 0.3) is 0 Å². The molecule has 2 unspecified atom stereocenters. The van der Waals surface area contributed by atoms with E-state index in [9.17, 15) is 9.59 Å². The first-order chi connectivity index (χ1) is 15.0. The Morgan fingerprint density at radius 2 is 1.81 bits per heavy atom. The Bertz CT molecular complexity index is 852. The Labute approximate surface area is 184 Å². The molecule has 2 aromatic carbocycles. The number of carbonyl (C=O) groups is 2. The number of hydrogen-bond donors (Lipinski definition) is 0. The Morgan fingerprint density at radius 3 is 2.48 bits per heavy atom. The van der Waals surface area contributed by atoms with Crippen LogP contribution in [0.5, 0.6) is 5.75 Å². The lowest BCUT2D eigenvalue weighted by Crippen LogP contribution is -2.43. The SMILES string of the molecule is COc1ccc(COCC(C)C[C@@H](C)C(=O)N2C(=O)OCC2Cc2ccccc2)cc1. The molecule has 0 aromatic heterocycles. The summed E-state index contributed by atoms with van der Waals surface area (Å²) in [6.07, 6.45) is 0.704. The van der Waals surface area contributed by atoms with Crippen molar-refractivity contribution in [3.8, 4) is 5.75 Å². The average Bonchev–Trinajstić information content (AvgIpc) is 3.14. The van der Waals surface area contributed by atoms with Crippen LogP contribution < -0.4 is 4.74 Å². The molecule has 6 heteroatoms. The maximum absolute atomic E-state index is 13.0. The third-order valence-electron chi connectivity index (χ3n) is 5.52. The molecule has 3 rings (SSSR count). The molecule has 1 fully saturated rings. The van der Waals surface area contributed by atoms with E-state index in [2.05, 4.69) is 6.92 Å². The fourth-order valence-electron chi connectivity index (χ4n) is 3.88. The van der Waals surface area contributed by atoms with Crippen LogP contribution in [0.15, 0.2) is 54.6 Å². The maximum Gasteiger partial charge on any atom is 0.416 e. The zero-order valence-electron chi connectivity index (χ0n) is 18.5. The van der Waals surface area contributed by atoms with Crippen molar-refractivity contribution >= 4 is 12.0 Å². The summed E-state index contributed by atoms with van der Waals surface area (Å²) >= 11 is 0. The largest absolute Gasteiger partial charge is 0.497 e. The molecule has 166 valence electrons. The zero-order chi connectivity index (χ0) is 22.2. The molecule has 0 aliphatic carbocycles. The molecule has 1 saturated heterocycles. The lowest BCUT2D eigenvalue weighted by atomic mass is 9.95. The molecule has 0 N–H and O–H groups in total. The van der Waals surface area contributed by atoms with Crippen molar-refractivity contribution in [3.63, 3.8) is 0 Å². The Morgan fingerprint density at radius 1 is 1.10 bits per heavy atom. The standard InChI is InChI=1S/C25H31NO5/c1-18(15-30-16-21-9-11-23(29-3)12-10-21)13-19(2)24(27)26-22(17-31-25(26)28)14-20-7-5-4-6-8-20/h4-12,18-19,22H,13-17H2,1-3H3/t18?,19-,22?/m1/s1. The van der Waals surface area contributed by atoms with Gasteiger partial charge in [-0.25, -0.2) is 9.69 Å². The van der Waals surface area contributed by atoms with Gasteiger partial charge in [-0.15, -0.1) is 0 Å². The molecule has 0 radical (unpaired) electrons. The highest BCUT2D eigenvalue weighted by molar-refractivity contribution is 5.94. The third-order valence-corrected chi connectivity index (χ3v) is 5.52. The monoisotopic (exact) mass is 425 g/mol. The lowest BCUT2D eigenvalue weighted by Gasteiger charge is -2.24. The van der Waals surface area contributed by atoms with E-state index in [-0.39, 0.29) is 30.4 Å². The van der Waals surface area contributed by atoms with Crippen LogP contribution in [0.25, 0.3) is 0 Å². The van der Waals surface area contributed by atoms with Gasteiger partial charge in [0.15, 0.2) is 0 Å². The number of carbonyl (C=O) groups excluding carboxylic acids is 2. The van der Waals surface area contributed by atoms with Gasteiger partial charge in [-0.2, -0.15) is 0 Å². The van der Waals surface area contributed by atoms with Crippen LogP contribution in [0.4, 0.5) is 4.79 Å². The summed E-state index contributed by atoms with van der Waals surface area (Å²) in [6.45, 7) is 5.22. The van der Waals surface area contributed by atoms with Crippen molar-refractivity contribution in [1.29, 1.82) is 0 Å². The van der Waals surface area contributed by atoms with Crippen molar-refractivity contribution in [2.24, 2.45) is 11.8 Å². The smallest absolute Gasteiger partial charge is 0.416 e. The molecule has 2 amide bonds. The van der Waals surface area contributed by atoms with Crippen LogP contribution in [-0.4, -0.2) is 43.3 Å². The number of hydrogen-bond acceptors (Lipinski definition) is 5. The molecule has 1 heterocycles. The van der Waals surface area contributed by atoms with Gasteiger partial charge < -0.3 is 14.2 Å². The van der Waals surface area contributed by atoms with E-state index in [1.165, 1.54) is 4.90 Å². The van der Waals surface area contributed by atoms with Gasteiger partial charge in [0.2, 0.25) is 5.91 Å². The van der Waals surface area contributed by atoms with Crippen molar-refractivity contribution in [3.05, 3.63) is 65.7 Å². The van der Waals surface area contributed by atoms with Gasteiger partial charge in [0.1, 0.15) is 12.4 Å². The van der Waals surface area contributed by atoms with E-state index >= 15 is 0 Å². The van der Waals surface area contributed by atoms with Crippen molar-refractivity contribution in [2.45, 2.75) is 39.3 Å². The summed E-state index contributed by atoms with van der Waals surface area (Å²) in [7, 11) is 1.64. The number of imide groups is 1. The predicted molar refractivity (Wildman–Crippen MR) is 118 cm³/mol. The quantitative estimate of drug-likeness (QED) is 0.562. The number of cyclic esters (lactones) is 1. The number of nitrogens with zero attached hydrogens (tertiary/aromatic N) is 1. The molecule has 1 aliphatic heterocycles. The second-order valence-electron chi connectivity index (χ2n) is 8.23. The number of benzene rings is 2. The van der Waals surface area contributed by atoms with E-state index in [1.807, 2.05) is 61.5 Å². The first-order valence-corrected chi connectivity index (χ1v) is 10.7. The predicted octanol–water partition coefficient (Wildman–Crippen LogP) is 4.46. The molecule has 6 nitrogen and oxygen atoms in total. The Kier molecular flexibility index (Phi) is 8.06. The van der Waals surface area contributed by atoms with Crippen LogP contribution in [0.2, 0.25) is 0 Å². The Hall–Kier alpha value is -2.86. The minimum atomic E-state index is -0.541. The summed E-state index contributed by atoms with van der Waals surface area (Å²) in [4.78, 5) is 26.6. The lowest BCUT2D eigenvalue weighted by molar-refractivity contribution is -0.133. The molecule has 31 heavy (non-hydrogen) atoms. The normalized spacial score (nSPS) is 17.8. The van der Waals surface area contributed by atoms with Crippen molar-refractivity contribution in [1.82, 2.24) is 4.90 Å². The minimum absolute atomic E-state index is 0.176. The highest BCUT2D eigenvalue weighted by Crippen LogP contribution is 2.23. The summed E-state index contributed by atoms with van der Waals surface area (Å²) in [6, 6.07) is 17.4. The summed E-state index contributed by atoms with van der Waals surface area (Å²) in [5, 5.41) is 0. The van der Waals surface area contributed by atoms with E-state index in [0.717, 1.165) is 16.9 Å². The van der Waals surface area contributed by atoms with Crippen LogP contribution >= 0.6 is 0 Å². The first kappa shape index (κ1) is 22.8. The van der Waals surface area contributed by atoms with Gasteiger partial charge in [-0.05, 0) is 42.0 Å². The van der Waals surface area contributed by atoms with E-state index in [1.54, 1.807) is 7.11 Å². The molecule has 1 aliphatic rings. The van der Waals surface area contributed by atoms with Crippen LogP contribution in [-0.2, 0) is 27.3 Å². The molecule has 0 bridgehead atoms. The molecule has 2 aromatic rings. The van der Waals surface area contributed by atoms with Gasteiger partial charge in [0.05, 0.1) is 19.8 Å². The Balaban J connectivity index is 1.48. The molecular formula is C25H31NO5. The number of rotatable bonds is 10. The van der Waals surface area contributed by atoms with Crippen molar-refractivity contribution < 1.29 is 23.8 Å². The van der Waals surface area contributed by atoms with Crippen LogP contribution in [0.1, 0.15) is 31.4 Å². The third kappa shape index (κ3) is 6.31. The van der Waals surface area contributed by atoms with E-state index < -0.39 is 6.09 Å². The van der Waals surface area contributed by atoms with Crippen LogP contribution in [0.3, 0.4) is 0 Å². The average molecular weight is 426 g/mol. The first-order valence-electron chi connectivity index (χ1n) is 10.7. The number of amides is 2. The van der Waals surface area contributed by atoms with Gasteiger partial charge in [-0.1, -0.05) is 56.3 Å². The second kappa shape index (κ2) is 11.0. The van der Waals surface area contributed by atoms with Gasteiger partial charge in [-0.3, -0.25) is 4.79 Å². The van der Waals surface area contributed by atoms with Crippen molar-refractivity contribution in [2.75, 3.05) is 20.3 Å². The highest BCUT2D eigenvalue weighted by atomic mass is 16.6. The molecule has 3 atom stereocenters. The fraction of sp³-hybridized carbons (Fsp3) is 0.440. The van der Waals surface area contributed by atoms with Gasteiger partial charge >= 0.3 is 6.09 Å². The minimum Gasteiger partial charge on any atom is -0.497 e. The molecule has 0 saturated carbocycles. The molecule has 0 spiro atoms. The van der Waals surface area contributed by atoms with E-state index in [0.29, 0.717) is 26.1 Å². The second-order valence-corrected chi connectivity index (χ2v) is 8.23. The molecular weight excluding hydrogens is 394 g/mol.